The highest BCUT2D eigenvalue weighted by molar-refractivity contribution is 6.32. The van der Waals surface area contributed by atoms with E-state index < -0.39 is 69.7 Å². The zero-order valence-electron chi connectivity index (χ0n) is 28.2. The first-order valence-corrected chi connectivity index (χ1v) is 16.5. The molecule has 14 heteroatoms. The van der Waals surface area contributed by atoms with Gasteiger partial charge in [0.05, 0.1) is 32.0 Å². The van der Waals surface area contributed by atoms with Gasteiger partial charge in [0.15, 0.2) is 11.6 Å². The molecule has 0 bridgehead atoms. The van der Waals surface area contributed by atoms with Crippen LogP contribution in [0.1, 0.15) is 76.3 Å². The molecule has 276 valence electrons. The van der Waals surface area contributed by atoms with Gasteiger partial charge in [-0.2, -0.15) is 0 Å². The van der Waals surface area contributed by atoms with Crippen LogP contribution in [0.5, 0.6) is 11.5 Å². The number of hydrogen-bond acceptors (Lipinski definition) is 7. The van der Waals surface area contributed by atoms with Crippen molar-refractivity contribution < 1.29 is 56.1 Å². The van der Waals surface area contributed by atoms with Crippen LogP contribution in [-0.4, -0.2) is 49.4 Å². The molecular formula is C38H34Cl2F4O8. The molecule has 52 heavy (non-hydrogen) atoms. The molecule has 0 saturated carbocycles. The molecule has 4 aromatic carbocycles. The van der Waals surface area contributed by atoms with Crippen LogP contribution in [0, 0.1) is 23.3 Å². The monoisotopic (exact) mass is 764 g/mol. The molecule has 4 rings (SSSR count). The van der Waals surface area contributed by atoms with Gasteiger partial charge in [0, 0.05) is 34.7 Å². The highest BCUT2D eigenvalue weighted by atomic mass is 35.5. The Hall–Kier alpha value is -4.94. The van der Waals surface area contributed by atoms with Crippen molar-refractivity contribution in [3.05, 3.63) is 128 Å². The number of carbonyl (C=O) groups excluding carboxylic acids is 3. The number of methoxy groups -OCH3 is 2. The van der Waals surface area contributed by atoms with E-state index in [2.05, 4.69) is 0 Å². The van der Waals surface area contributed by atoms with Crippen molar-refractivity contribution in [3.8, 4) is 11.5 Å². The molecule has 2 atom stereocenters. The second kappa shape index (κ2) is 19.6. The molecule has 2 unspecified atom stereocenters. The lowest BCUT2D eigenvalue weighted by molar-refractivity contribution is -0.143. The minimum atomic E-state index is -1.13. The summed E-state index contributed by atoms with van der Waals surface area (Å²) < 4.78 is 71.4. The van der Waals surface area contributed by atoms with E-state index in [9.17, 15) is 36.7 Å². The zero-order valence-corrected chi connectivity index (χ0v) is 29.7. The minimum absolute atomic E-state index is 0.0155. The number of benzene rings is 4. The summed E-state index contributed by atoms with van der Waals surface area (Å²) in [5.41, 5.74) is -0.787. The van der Waals surface area contributed by atoms with E-state index in [0.29, 0.717) is 17.1 Å². The van der Waals surface area contributed by atoms with Crippen LogP contribution in [0.15, 0.2) is 72.8 Å². The molecule has 4 aromatic rings. The summed E-state index contributed by atoms with van der Waals surface area (Å²) in [6.45, 7) is 1.85. The zero-order chi connectivity index (χ0) is 38.5. The van der Waals surface area contributed by atoms with E-state index in [1.165, 1.54) is 44.6 Å². The summed E-state index contributed by atoms with van der Waals surface area (Å²) in [6.07, 6.45) is -0.638. The first kappa shape index (κ1) is 41.5. The number of ketones is 2. The second-order valence-corrected chi connectivity index (χ2v) is 11.9. The summed E-state index contributed by atoms with van der Waals surface area (Å²) in [6, 6.07) is 15.4. The van der Waals surface area contributed by atoms with Crippen LogP contribution in [0.25, 0.3) is 0 Å². The summed E-state index contributed by atoms with van der Waals surface area (Å²) in [5, 5.41) is 9.34. The summed E-state index contributed by atoms with van der Waals surface area (Å²) in [4.78, 5) is 48.4. The lowest BCUT2D eigenvalue weighted by Crippen LogP contribution is -2.18. The fourth-order valence-electron chi connectivity index (χ4n) is 5.27. The molecule has 0 heterocycles. The Balaban J connectivity index is 0.000000281. The maximum atomic E-state index is 14.1. The molecule has 0 aromatic heterocycles. The van der Waals surface area contributed by atoms with Gasteiger partial charge in [-0.1, -0.05) is 35.3 Å². The lowest BCUT2D eigenvalue weighted by Gasteiger charge is -2.19. The van der Waals surface area contributed by atoms with Crippen molar-refractivity contribution in [3.63, 3.8) is 0 Å². The highest BCUT2D eigenvalue weighted by Crippen LogP contribution is 2.36. The standard InChI is InChI=1S/C20H19ClF2O4.C18H15ClF2O4/c1-3-27-18(24)10-8-13(14-11-12(26-2)7-9-15(14)21)20(25)19-16(22)5-4-6-17(19)23;1-25-10-5-7-13(19)12(9-10)11(6-8-16(22)23)18(24)17-14(20)3-2-4-15(17)21/h4-7,9,11,13H,3,8,10H2,1-2H3;2-5,7,9,11H,6,8H2,1H3,(H,22,23). The quantitative estimate of drug-likeness (QED) is 0.0724. The van der Waals surface area contributed by atoms with Crippen LogP contribution in [0.4, 0.5) is 17.6 Å². The average molecular weight is 766 g/mol. The maximum Gasteiger partial charge on any atom is 0.305 e. The Morgan fingerprint density at radius 3 is 1.38 bits per heavy atom. The maximum absolute atomic E-state index is 14.1. The normalized spacial score (nSPS) is 11.8. The van der Waals surface area contributed by atoms with Gasteiger partial charge < -0.3 is 19.3 Å². The van der Waals surface area contributed by atoms with Crippen LogP contribution in [0.2, 0.25) is 10.0 Å². The van der Waals surface area contributed by atoms with Crippen molar-refractivity contribution in [1.29, 1.82) is 0 Å². The van der Waals surface area contributed by atoms with Gasteiger partial charge in [0.2, 0.25) is 0 Å². The van der Waals surface area contributed by atoms with Gasteiger partial charge in [0.1, 0.15) is 34.8 Å². The summed E-state index contributed by atoms with van der Waals surface area (Å²) >= 11 is 12.4. The Kier molecular flexibility index (Phi) is 15.6. The van der Waals surface area contributed by atoms with Gasteiger partial charge in [-0.05, 0) is 91.6 Å². The number of rotatable bonds is 15. The fraction of sp³-hybridized carbons (Fsp3) is 0.263. The van der Waals surface area contributed by atoms with Crippen molar-refractivity contribution in [2.24, 2.45) is 0 Å². The molecule has 0 amide bonds. The van der Waals surface area contributed by atoms with E-state index in [0.717, 1.165) is 30.3 Å². The molecule has 0 spiro atoms. The Morgan fingerprint density at radius 1 is 0.654 bits per heavy atom. The summed E-state index contributed by atoms with van der Waals surface area (Å²) in [7, 11) is 2.86. The van der Waals surface area contributed by atoms with Gasteiger partial charge >= 0.3 is 11.9 Å². The molecule has 0 radical (unpaired) electrons. The molecular weight excluding hydrogens is 731 g/mol. The first-order valence-electron chi connectivity index (χ1n) is 15.7. The third-order valence-corrected chi connectivity index (χ3v) is 8.49. The number of carbonyl (C=O) groups is 4. The Morgan fingerprint density at radius 2 is 1.04 bits per heavy atom. The van der Waals surface area contributed by atoms with Gasteiger partial charge in [0.25, 0.3) is 0 Å². The smallest absolute Gasteiger partial charge is 0.305 e. The number of ether oxygens (including phenoxy) is 3. The first-order chi connectivity index (χ1) is 24.7. The number of aliphatic carboxylic acids is 1. The van der Waals surface area contributed by atoms with Crippen molar-refractivity contribution in [2.45, 2.75) is 44.4 Å². The van der Waals surface area contributed by atoms with Crippen molar-refractivity contribution in [1.82, 2.24) is 0 Å². The number of Topliss-reactive ketones (excluding diaryl/α,β-unsaturated/α-hetero) is 2. The number of hydrogen-bond donors (Lipinski definition) is 1. The number of carboxylic acid groups (broad SMARTS) is 1. The molecule has 0 aliphatic heterocycles. The van der Waals surface area contributed by atoms with Crippen LogP contribution >= 0.6 is 23.2 Å². The van der Waals surface area contributed by atoms with Crippen LogP contribution < -0.4 is 9.47 Å². The van der Waals surface area contributed by atoms with E-state index in [1.54, 1.807) is 19.1 Å². The minimum Gasteiger partial charge on any atom is -0.497 e. The van der Waals surface area contributed by atoms with E-state index >= 15 is 0 Å². The molecule has 0 aliphatic rings. The van der Waals surface area contributed by atoms with Crippen molar-refractivity contribution in [2.75, 3.05) is 20.8 Å². The van der Waals surface area contributed by atoms with E-state index in [-0.39, 0.29) is 47.9 Å². The second-order valence-electron chi connectivity index (χ2n) is 11.1. The predicted molar refractivity (Wildman–Crippen MR) is 186 cm³/mol. The third-order valence-electron chi connectivity index (χ3n) is 7.80. The van der Waals surface area contributed by atoms with E-state index in [4.69, 9.17) is 42.5 Å². The van der Waals surface area contributed by atoms with Crippen molar-refractivity contribution >= 4 is 46.7 Å². The fourth-order valence-corrected chi connectivity index (χ4v) is 5.76. The van der Waals surface area contributed by atoms with E-state index in [1.807, 2.05) is 0 Å². The Labute approximate surface area is 307 Å². The van der Waals surface area contributed by atoms with Gasteiger partial charge in [-0.15, -0.1) is 0 Å². The SMILES string of the molecule is CCOC(=O)CCC(C(=O)c1c(F)cccc1F)c1cc(OC)ccc1Cl.COc1ccc(Cl)c(C(CCC(=O)O)C(=O)c2c(F)cccc2F)c1. The highest BCUT2D eigenvalue weighted by Gasteiger charge is 2.31. The predicted octanol–water partition coefficient (Wildman–Crippen LogP) is 9.39. The van der Waals surface area contributed by atoms with Gasteiger partial charge in [-0.3, -0.25) is 19.2 Å². The summed E-state index contributed by atoms with van der Waals surface area (Å²) in [5.74, 6) is -8.62. The molecule has 1 N–H and O–H groups in total. The molecule has 8 nitrogen and oxygen atoms in total. The number of esters is 1. The van der Waals surface area contributed by atoms with Gasteiger partial charge in [-0.25, -0.2) is 17.6 Å². The molecule has 0 saturated heterocycles. The lowest BCUT2D eigenvalue weighted by atomic mass is 9.86. The molecule has 0 fully saturated rings. The molecule has 0 aliphatic carbocycles. The third kappa shape index (κ3) is 10.8. The van der Waals surface area contributed by atoms with Crippen LogP contribution in [-0.2, 0) is 14.3 Å². The number of halogens is 6. The topological polar surface area (TPSA) is 116 Å². The Bertz CT molecular complexity index is 1880. The van der Waals surface area contributed by atoms with Crippen LogP contribution in [0.3, 0.4) is 0 Å². The number of carboxylic acids is 1. The average Bonchev–Trinajstić information content (AvgIpc) is 3.10. The largest absolute Gasteiger partial charge is 0.497 e.